The Labute approximate surface area is 136 Å². The summed E-state index contributed by atoms with van der Waals surface area (Å²) in [6.45, 7) is 3.49. The summed E-state index contributed by atoms with van der Waals surface area (Å²) in [4.78, 5) is 23.7. The third kappa shape index (κ3) is 3.76. The molecule has 22 heavy (non-hydrogen) atoms. The van der Waals surface area contributed by atoms with Crippen LogP contribution in [-0.2, 0) is 16.6 Å². The first-order valence-corrected chi connectivity index (χ1v) is 7.44. The minimum Gasteiger partial charge on any atom is -0.454 e. The van der Waals surface area contributed by atoms with Crippen molar-refractivity contribution < 1.29 is 18.7 Å². The number of carbonyl (C=O) groups is 2. The molecule has 2 rings (SSSR count). The van der Waals surface area contributed by atoms with Crippen LogP contribution in [0.25, 0.3) is 6.08 Å². The van der Waals surface area contributed by atoms with Crippen LogP contribution < -0.4 is 0 Å². The predicted molar refractivity (Wildman–Crippen MR) is 85.6 cm³/mol. The lowest BCUT2D eigenvalue weighted by molar-refractivity contribution is -0.136. The van der Waals surface area contributed by atoms with E-state index in [9.17, 15) is 9.59 Å². The molecule has 0 bridgehead atoms. The summed E-state index contributed by atoms with van der Waals surface area (Å²) in [5.41, 5.74) is 2.41. The zero-order valence-electron chi connectivity index (χ0n) is 12.6. The van der Waals surface area contributed by atoms with Gasteiger partial charge in [-0.2, -0.15) is 0 Å². The minimum atomic E-state index is -0.592. The molecule has 0 N–H and O–H groups in total. The summed E-state index contributed by atoms with van der Waals surface area (Å²) in [6, 6.07) is 5.21. The molecule has 2 heterocycles. The third-order valence-electron chi connectivity index (χ3n) is 3.40. The van der Waals surface area contributed by atoms with Gasteiger partial charge in [-0.1, -0.05) is 0 Å². The second-order valence-electron chi connectivity index (χ2n) is 4.85. The highest BCUT2D eigenvalue weighted by atomic mass is 79.9. The Kier molecular flexibility index (Phi) is 5.03. The summed E-state index contributed by atoms with van der Waals surface area (Å²) in [7, 11) is 1.89. The molecular formula is C16H16BrNO4. The number of rotatable bonds is 5. The van der Waals surface area contributed by atoms with E-state index in [0.29, 0.717) is 16.0 Å². The van der Waals surface area contributed by atoms with E-state index in [2.05, 4.69) is 15.9 Å². The number of furan rings is 1. The Morgan fingerprint density at radius 3 is 2.64 bits per heavy atom. The zero-order chi connectivity index (χ0) is 16.3. The van der Waals surface area contributed by atoms with Crippen molar-refractivity contribution in [3.05, 3.63) is 51.7 Å². The van der Waals surface area contributed by atoms with Crippen LogP contribution in [0.3, 0.4) is 0 Å². The number of nitrogens with zero attached hydrogens (tertiary/aromatic N) is 1. The van der Waals surface area contributed by atoms with Gasteiger partial charge in [-0.05, 0) is 54.1 Å². The molecule has 0 aromatic carbocycles. The maximum Gasteiger partial charge on any atom is 0.331 e. The van der Waals surface area contributed by atoms with Gasteiger partial charge in [-0.3, -0.25) is 4.79 Å². The maximum atomic E-state index is 12.1. The first-order chi connectivity index (χ1) is 10.4. The number of esters is 1. The van der Waals surface area contributed by atoms with Gasteiger partial charge < -0.3 is 13.7 Å². The molecule has 2 aromatic rings. The highest BCUT2D eigenvalue weighted by molar-refractivity contribution is 9.10. The number of hydrogen-bond acceptors (Lipinski definition) is 4. The minimum absolute atomic E-state index is 0.219. The molecule has 0 spiro atoms. The van der Waals surface area contributed by atoms with Crippen LogP contribution >= 0.6 is 15.9 Å². The topological polar surface area (TPSA) is 61.4 Å². The molecule has 0 saturated heterocycles. The van der Waals surface area contributed by atoms with Crippen LogP contribution in [-0.4, -0.2) is 22.9 Å². The van der Waals surface area contributed by atoms with Crippen molar-refractivity contribution in [3.8, 4) is 0 Å². The van der Waals surface area contributed by atoms with E-state index in [1.54, 1.807) is 18.2 Å². The largest absolute Gasteiger partial charge is 0.454 e. The Bertz CT molecular complexity index is 739. The number of ether oxygens (including phenoxy) is 1. The predicted octanol–water partition coefficient (Wildman–Crippen LogP) is 3.44. The van der Waals surface area contributed by atoms with Crippen molar-refractivity contribution >= 4 is 33.8 Å². The van der Waals surface area contributed by atoms with Crippen LogP contribution in [0.4, 0.5) is 0 Å². The van der Waals surface area contributed by atoms with Gasteiger partial charge in [0.1, 0.15) is 5.76 Å². The Hall–Kier alpha value is -2.08. The molecule has 0 aliphatic heterocycles. The molecule has 0 radical (unpaired) electrons. The van der Waals surface area contributed by atoms with Gasteiger partial charge >= 0.3 is 5.97 Å². The van der Waals surface area contributed by atoms with Crippen LogP contribution in [0.2, 0.25) is 0 Å². The van der Waals surface area contributed by atoms with Crippen molar-refractivity contribution in [2.45, 2.75) is 13.8 Å². The summed E-state index contributed by atoms with van der Waals surface area (Å²) in [5.74, 6) is -0.292. The Balaban J connectivity index is 1.92. The number of ketones is 1. The molecule has 6 heteroatoms. The van der Waals surface area contributed by atoms with Gasteiger partial charge in [-0.15, -0.1) is 0 Å². The van der Waals surface area contributed by atoms with Crippen molar-refractivity contribution in [1.29, 1.82) is 0 Å². The number of hydrogen-bond donors (Lipinski definition) is 0. The highest BCUT2D eigenvalue weighted by Crippen LogP contribution is 2.15. The SMILES string of the molecule is Cc1cc(C(=O)COC(=O)/C=C/c2ccc(Br)o2)c(C)n1C. The third-order valence-corrected chi connectivity index (χ3v) is 3.82. The van der Waals surface area contributed by atoms with E-state index in [1.165, 1.54) is 12.2 Å². The first kappa shape index (κ1) is 16.3. The maximum absolute atomic E-state index is 12.1. The Morgan fingerprint density at radius 2 is 2.09 bits per heavy atom. The standard InChI is InChI=1S/C16H16BrNO4/c1-10-8-13(11(2)18(10)3)14(19)9-21-16(20)7-5-12-4-6-15(17)22-12/h4-8H,9H2,1-3H3/b7-5+. The van der Waals surface area contributed by atoms with Gasteiger partial charge in [-0.25, -0.2) is 4.79 Å². The quantitative estimate of drug-likeness (QED) is 0.462. The van der Waals surface area contributed by atoms with Crippen molar-refractivity contribution in [2.75, 3.05) is 6.61 Å². The lowest BCUT2D eigenvalue weighted by Crippen LogP contribution is -2.13. The van der Waals surface area contributed by atoms with E-state index in [-0.39, 0.29) is 12.4 Å². The van der Waals surface area contributed by atoms with E-state index < -0.39 is 5.97 Å². The van der Waals surface area contributed by atoms with Crippen LogP contribution in [0.1, 0.15) is 27.5 Å². The van der Waals surface area contributed by atoms with Gasteiger partial charge in [0.25, 0.3) is 0 Å². The van der Waals surface area contributed by atoms with Gasteiger partial charge in [0, 0.05) is 30.1 Å². The molecule has 2 aromatic heterocycles. The molecule has 0 aliphatic carbocycles. The smallest absolute Gasteiger partial charge is 0.331 e. The molecule has 0 saturated carbocycles. The molecule has 0 fully saturated rings. The molecule has 116 valence electrons. The summed E-state index contributed by atoms with van der Waals surface area (Å²) in [5, 5.41) is 0. The molecule has 0 amide bonds. The lowest BCUT2D eigenvalue weighted by Gasteiger charge is -2.02. The first-order valence-electron chi connectivity index (χ1n) is 6.64. The van der Waals surface area contributed by atoms with Crippen molar-refractivity contribution in [3.63, 3.8) is 0 Å². The normalized spacial score (nSPS) is 11.1. The number of Topliss-reactive ketones (excluding diaryl/α,β-unsaturated/α-hetero) is 1. The fourth-order valence-corrected chi connectivity index (χ4v) is 2.29. The molecule has 5 nitrogen and oxygen atoms in total. The van der Waals surface area contributed by atoms with Crippen LogP contribution in [0.15, 0.2) is 33.4 Å². The molecule has 0 atom stereocenters. The Morgan fingerprint density at radius 1 is 1.36 bits per heavy atom. The van der Waals surface area contributed by atoms with Crippen LogP contribution in [0.5, 0.6) is 0 Å². The van der Waals surface area contributed by atoms with E-state index >= 15 is 0 Å². The van der Waals surface area contributed by atoms with Gasteiger partial charge in [0.2, 0.25) is 5.78 Å². The molecule has 0 aliphatic rings. The molecule has 0 unspecified atom stereocenters. The molecular weight excluding hydrogens is 350 g/mol. The van der Waals surface area contributed by atoms with E-state index in [1.807, 2.05) is 25.5 Å². The fraction of sp³-hybridized carbons (Fsp3) is 0.250. The monoisotopic (exact) mass is 365 g/mol. The van der Waals surface area contributed by atoms with E-state index in [0.717, 1.165) is 11.4 Å². The van der Waals surface area contributed by atoms with Crippen molar-refractivity contribution in [1.82, 2.24) is 4.57 Å². The second-order valence-corrected chi connectivity index (χ2v) is 5.63. The second kappa shape index (κ2) is 6.79. The zero-order valence-corrected chi connectivity index (χ0v) is 14.1. The summed E-state index contributed by atoms with van der Waals surface area (Å²) >= 11 is 3.17. The fourth-order valence-electron chi connectivity index (χ4n) is 1.97. The number of aryl methyl sites for hydroxylation is 1. The summed E-state index contributed by atoms with van der Waals surface area (Å²) in [6.07, 6.45) is 2.71. The van der Waals surface area contributed by atoms with E-state index in [4.69, 9.17) is 9.15 Å². The van der Waals surface area contributed by atoms with Crippen LogP contribution in [0, 0.1) is 13.8 Å². The average Bonchev–Trinajstić information content (AvgIpc) is 3.01. The number of halogens is 1. The number of carbonyl (C=O) groups excluding carboxylic acids is 2. The van der Waals surface area contributed by atoms with Crippen molar-refractivity contribution in [2.24, 2.45) is 7.05 Å². The van der Waals surface area contributed by atoms with Gasteiger partial charge in [0.15, 0.2) is 11.3 Å². The average molecular weight is 366 g/mol. The summed E-state index contributed by atoms with van der Waals surface area (Å²) < 4.78 is 12.7. The highest BCUT2D eigenvalue weighted by Gasteiger charge is 2.15. The number of aromatic nitrogens is 1. The van der Waals surface area contributed by atoms with Gasteiger partial charge in [0.05, 0.1) is 0 Å². The lowest BCUT2D eigenvalue weighted by atomic mass is 10.1.